The zero-order valence-corrected chi connectivity index (χ0v) is 16.6. The lowest BCUT2D eigenvalue weighted by Gasteiger charge is -2.35. The Hall–Kier alpha value is -1.34. The predicted octanol–water partition coefficient (Wildman–Crippen LogP) is 3.39. The van der Waals surface area contributed by atoms with Crippen molar-refractivity contribution >= 4 is 39.2 Å². The van der Waals surface area contributed by atoms with E-state index in [1.165, 1.54) is 12.8 Å². The summed E-state index contributed by atoms with van der Waals surface area (Å²) >= 11 is 8.66. The minimum absolute atomic E-state index is 0.257. The van der Waals surface area contributed by atoms with Crippen molar-refractivity contribution in [3.05, 3.63) is 28.2 Å². The summed E-state index contributed by atoms with van der Waals surface area (Å²) in [6.07, 6.45) is 3.58. The number of hydrazine groups is 1. The highest BCUT2D eigenvalue weighted by molar-refractivity contribution is 9.10. The Morgan fingerprint density at radius 2 is 2.04 bits per heavy atom. The Morgan fingerprint density at radius 3 is 2.71 bits per heavy atom. The molecule has 0 aliphatic heterocycles. The molecule has 1 aromatic carbocycles. The Balaban J connectivity index is 1.85. The molecular weight excluding hydrogens is 390 g/mol. The second-order valence-corrected chi connectivity index (χ2v) is 7.54. The number of rotatable bonds is 3. The van der Waals surface area contributed by atoms with Crippen LogP contribution in [-0.4, -0.2) is 24.2 Å². The van der Waals surface area contributed by atoms with Gasteiger partial charge < -0.3 is 10.1 Å². The van der Waals surface area contributed by atoms with E-state index >= 15 is 0 Å². The lowest BCUT2D eigenvalue weighted by molar-refractivity contribution is 0.0943. The first-order valence-corrected chi connectivity index (χ1v) is 9.33. The van der Waals surface area contributed by atoms with Crippen LogP contribution in [0.1, 0.15) is 43.5 Å². The highest BCUT2D eigenvalue weighted by atomic mass is 79.9. The number of benzene rings is 1. The van der Waals surface area contributed by atoms with Crippen molar-refractivity contribution in [3.8, 4) is 5.75 Å². The fourth-order valence-electron chi connectivity index (χ4n) is 2.98. The summed E-state index contributed by atoms with van der Waals surface area (Å²) in [5.41, 5.74) is 5.92. The van der Waals surface area contributed by atoms with Gasteiger partial charge in [-0.05, 0) is 64.6 Å². The molecular formula is C17H24BrN3O2S. The molecule has 1 aromatic rings. The van der Waals surface area contributed by atoms with Crippen molar-refractivity contribution in [1.29, 1.82) is 0 Å². The number of amides is 1. The number of nitrogens with one attached hydrogen (secondary N) is 3. The van der Waals surface area contributed by atoms with Crippen LogP contribution in [0.15, 0.2) is 22.7 Å². The lowest BCUT2D eigenvalue weighted by atomic mass is 9.78. The number of carbonyl (C=O) groups is 1. The van der Waals surface area contributed by atoms with E-state index in [2.05, 4.69) is 45.9 Å². The van der Waals surface area contributed by atoms with Crippen molar-refractivity contribution in [1.82, 2.24) is 16.2 Å². The maximum absolute atomic E-state index is 12.2. The number of hydrogen-bond acceptors (Lipinski definition) is 3. The summed E-state index contributed by atoms with van der Waals surface area (Å²) in [6, 6.07) is 5.49. The number of thiocarbonyl (C=S) groups is 1. The van der Waals surface area contributed by atoms with Gasteiger partial charge in [-0.3, -0.25) is 15.6 Å². The highest BCUT2D eigenvalue weighted by Gasteiger charge is 2.27. The smallest absolute Gasteiger partial charge is 0.269 e. The highest BCUT2D eigenvalue weighted by Crippen LogP contribution is 2.29. The maximum atomic E-state index is 12.2. The van der Waals surface area contributed by atoms with Gasteiger partial charge in [0.1, 0.15) is 5.75 Å². The summed E-state index contributed by atoms with van der Waals surface area (Å²) in [5, 5.41) is 3.76. The van der Waals surface area contributed by atoms with E-state index in [1.54, 1.807) is 25.3 Å². The molecule has 0 aromatic heterocycles. The molecule has 0 unspecified atom stereocenters. The second kappa shape index (κ2) is 8.67. The first-order valence-electron chi connectivity index (χ1n) is 8.12. The molecule has 5 nitrogen and oxygen atoms in total. The van der Waals surface area contributed by atoms with Crippen LogP contribution in [0.4, 0.5) is 0 Å². The molecule has 24 heavy (non-hydrogen) atoms. The number of halogens is 1. The van der Waals surface area contributed by atoms with Crippen molar-refractivity contribution in [2.45, 2.75) is 39.2 Å². The van der Waals surface area contributed by atoms with Crippen LogP contribution in [0.5, 0.6) is 5.75 Å². The molecule has 1 aliphatic carbocycles. The summed E-state index contributed by atoms with van der Waals surface area (Å²) in [7, 11) is 1.58. The number of hydrogen-bond donors (Lipinski definition) is 3. The van der Waals surface area contributed by atoms with Gasteiger partial charge in [0, 0.05) is 11.6 Å². The SMILES string of the molecule is COc1ccc(C(=O)NNC(=S)N[C@@H]2CCC[C@@H](C)[C@H]2C)cc1Br. The van der Waals surface area contributed by atoms with Crippen LogP contribution in [0.25, 0.3) is 0 Å². The molecule has 1 aliphatic rings. The van der Waals surface area contributed by atoms with Crippen LogP contribution >= 0.6 is 28.1 Å². The average molecular weight is 414 g/mol. The molecule has 0 radical (unpaired) electrons. The number of carbonyl (C=O) groups excluding carboxylic acids is 1. The molecule has 0 bridgehead atoms. The average Bonchev–Trinajstić information content (AvgIpc) is 2.56. The minimum atomic E-state index is -0.257. The first kappa shape index (κ1) is 19.0. The van der Waals surface area contributed by atoms with Gasteiger partial charge in [-0.2, -0.15) is 0 Å². The first-order chi connectivity index (χ1) is 11.4. The Kier molecular flexibility index (Phi) is 6.86. The third-order valence-corrected chi connectivity index (χ3v) is 5.57. The Morgan fingerprint density at radius 1 is 1.29 bits per heavy atom. The van der Waals surface area contributed by atoms with Gasteiger partial charge in [0.25, 0.3) is 5.91 Å². The number of methoxy groups -OCH3 is 1. The van der Waals surface area contributed by atoms with Crippen molar-refractivity contribution in [2.24, 2.45) is 11.8 Å². The van der Waals surface area contributed by atoms with Gasteiger partial charge in [0.2, 0.25) is 0 Å². The Bertz CT molecular complexity index is 611. The van der Waals surface area contributed by atoms with Gasteiger partial charge >= 0.3 is 0 Å². The van der Waals surface area contributed by atoms with E-state index < -0.39 is 0 Å². The van der Waals surface area contributed by atoms with Gasteiger partial charge in [-0.15, -0.1) is 0 Å². The molecule has 132 valence electrons. The third kappa shape index (κ3) is 4.83. The molecule has 3 atom stereocenters. The van der Waals surface area contributed by atoms with E-state index in [4.69, 9.17) is 17.0 Å². The number of ether oxygens (including phenoxy) is 1. The lowest BCUT2D eigenvalue weighted by Crippen LogP contribution is -2.52. The predicted molar refractivity (Wildman–Crippen MR) is 103 cm³/mol. The fourth-order valence-corrected chi connectivity index (χ4v) is 3.73. The zero-order chi connectivity index (χ0) is 17.7. The van der Waals surface area contributed by atoms with Crippen molar-refractivity contribution < 1.29 is 9.53 Å². The Labute approximate surface area is 157 Å². The van der Waals surface area contributed by atoms with Crippen LogP contribution in [0.3, 0.4) is 0 Å². The molecule has 1 fully saturated rings. The molecule has 7 heteroatoms. The largest absolute Gasteiger partial charge is 0.496 e. The molecule has 0 saturated heterocycles. The van der Waals surface area contributed by atoms with Crippen LogP contribution in [0.2, 0.25) is 0 Å². The van der Waals surface area contributed by atoms with Crippen LogP contribution < -0.4 is 20.9 Å². The van der Waals surface area contributed by atoms with Crippen molar-refractivity contribution in [3.63, 3.8) is 0 Å². The normalized spacial score (nSPS) is 23.2. The molecule has 1 saturated carbocycles. The molecule has 0 spiro atoms. The van der Waals surface area contributed by atoms with E-state index in [1.807, 2.05) is 0 Å². The standard InChI is InChI=1S/C17H24BrN3O2S/c1-10-5-4-6-14(11(10)2)19-17(24)21-20-16(22)12-7-8-15(23-3)13(18)9-12/h7-11,14H,4-6H2,1-3H3,(H,20,22)(H2,19,21,24)/t10-,11-,14-/m1/s1. The van der Waals surface area contributed by atoms with E-state index in [9.17, 15) is 4.79 Å². The van der Waals surface area contributed by atoms with E-state index in [0.29, 0.717) is 34.3 Å². The van der Waals surface area contributed by atoms with E-state index in [0.717, 1.165) is 10.9 Å². The zero-order valence-electron chi connectivity index (χ0n) is 14.2. The van der Waals surface area contributed by atoms with Crippen LogP contribution in [0, 0.1) is 11.8 Å². The molecule has 3 N–H and O–H groups in total. The summed E-state index contributed by atoms with van der Waals surface area (Å²) in [4.78, 5) is 12.2. The summed E-state index contributed by atoms with van der Waals surface area (Å²) in [5.74, 6) is 1.67. The molecule has 1 amide bonds. The fraction of sp³-hybridized carbons (Fsp3) is 0.529. The van der Waals surface area contributed by atoms with E-state index in [-0.39, 0.29) is 5.91 Å². The summed E-state index contributed by atoms with van der Waals surface area (Å²) < 4.78 is 5.88. The van der Waals surface area contributed by atoms with Gasteiger partial charge in [0.05, 0.1) is 11.6 Å². The van der Waals surface area contributed by atoms with Crippen LogP contribution in [-0.2, 0) is 0 Å². The molecule has 2 rings (SSSR count). The van der Waals surface area contributed by atoms with Gasteiger partial charge in [-0.1, -0.05) is 26.7 Å². The topological polar surface area (TPSA) is 62.4 Å². The van der Waals surface area contributed by atoms with Gasteiger partial charge in [0.15, 0.2) is 5.11 Å². The van der Waals surface area contributed by atoms with Gasteiger partial charge in [-0.25, -0.2) is 0 Å². The monoisotopic (exact) mass is 413 g/mol. The minimum Gasteiger partial charge on any atom is -0.496 e. The third-order valence-electron chi connectivity index (χ3n) is 4.73. The second-order valence-electron chi connectivity index (χ2n) is 6.28. The summed E-state index contributed by atoms with van der Waals surface area (Å²) in [6.45, 7) is 4.52. The molecule has 0 heterocycles. The maximum Gasteiger partial charge on any atom is 0.269 e. The van der Waals surface area contributed by atoms with Crippen molar-refractivity contribution in [2.75, 3.05) is 7.11 Å². The quantitative estimate of drug-likeness (QED) is 0.523.